The van der Waals surface area contributed by atoms with E-state index in [0.717, 1.165) is 29.8 Å². The third-order valence-electron chi connectivity index (χ3n) is 5.98. The maximum absolute atomic E-state index is 12.6. The molecule has 1 aromatic carbocycles. The minimum absolute atomic E-state index is 0.0592. The standard InChI is InChI=1S/C27H31N5O2/c1-19(23-11-5-8-21-7-2-3-10-24(21)23)32-26(33)18-31-27(34)22-9-4-6-20(12-13-22)16-28-17-25-29-14-15-30-25/h3-6,8,10-15,19,28H,2,7,9,16-18H2,1H3,(H,29,30)(H,31,34)(H,32,33)/t19-/m0/s1. The van der Waals surface area contributed by atoms with Crippen molar-refractivity contribution in [2.45, 2.75) is 38.8 Å². The number of carbonyl (C=O) groups excluding carboxylic acids is 2. The Morgan fingerprint density at radius 1 is 1.15 bits per heavy atom. The van der Waals surface area contributed by atoms with E-state index in [1.165, 1.54) is 11.1 Å². The van der Waals surface area contributed by atoms with Crippen molar-refractivity contribution in [2.24, 2.45) is 0 Å². The first-order valence-corrected chi connectivity index (χ1v) is 11.7. The molecule has 1 atom stereocenters. The number of benzene rings is 1. The van der Waals surface area contributed by atoms with Gasteiger partial charge in [-0.2, -0.15) is 0 Å². The van der Waals surface area contributed by atoms with Crippen LogP contribution < -0.4 is 16.0 Å². The zero-order valence-electron chi connectivity index (χ0n) is 19.4. The molecular weight excluding hydrogens is 426 g/mol. The highest BCUT2D eigenvalue weighted by Crippen LogP contribution is 2.27. The number of aromatic nitrogens is 2. The fourth-order valence-corrected chi connectivity index (χ4v) is 4.19. The summed E-state index contributed by atoms with van der Waals surface area (Å²) in [6, 6.07) is 6.09. The van der Waals surface area contributed by atoms with E-state index in [9.17, 15) is 9.59 Å². The number of aromatic amines is 1. The number of aryl methyl sites for hydroxylation is 1. The number of H-pyrrole nitrogens is 1. The second-order valence-electron chi connectivity index (χ2n) is 8.51. The Hall–Kier alpha value is -3.71. The van der Waals surface area contributed by atoms with Crippen molar-refractivity contribution in [1.82, 2.24) is 25.9 Å². The highest BCUT2D eigenvalue weighted by molar-refractivity contribution is 5.96. The van der Waals surface area contributed by atoms with Gasteiger partial charge in [0.05, 0.1) is 19.1 Å². The molecule has 0 radical (unpaired) electrons. The second-order valence-corrected chi connectivity index (χ2v) is 8.51. The molecule has 7 nitrogen and oxygen atoms in total. The van der Waals surface area contributed by atoms with Crippen molar-refractivity contribution in [3.05, 3.63) is 94.6 Å². The topological polar surface area (TPSA) is 98.9 Å². The molecule has 0 spiro atoms. The second kappa shape index (κ2) is 11.4. The molecule has 0 unspecified atom stereocenters. The zero-order valence-corrected chi connectivity index (χ0v) is 19.4. The quantitative estimate of drug-likeness (QED) is 0.465. The number of amides is 2. The van der Waals surface area contributed by atoms with E-state index in [4.69, 9.17) is 0 Å². The summed E-state index contributed by atoms with van der Waals surface area (Å²) >= 11 is 0. The molecule has 34 heavy (non-hydrogen) atoms. The van der Waals surface area contributed by atoms with Crippen LogP contribution in [0.2, 0.25) is 0 Å². The fourth-order valence-electron chi connectivity index (χ4n) is 4.19. The summed E-state index contributed by atoms with van der Waals surface area (Å²) in [6.07, 6.45) is 18.1. The lowest BCUT2D eigenvalue weighted by atomic mass is 9.90. The molecule has 0 fully saturated rings. The lowest BCUT2D eigenvalue weighted by Gasteiger charge is -2.21. The summed E-state index contributed by atoms with van der Waals surface area (Å²) in [5, 5.41) is 9.08. The van der Waals surface area contributed by atoms with Crippen LogP contribution in [0, 0.1) is 0 Å². The predicted molar refractivity (Wildman–Crippen MR) is 134 cm³/mol. The van der Waals surface area contributed by atoms with Crippen LogP contribution in [-0.4, -0.2) is 34.9 Å². The van der Waals surface area contributed by atoms with Gasteiger partial charge in [-0.1, -0.05) is 54.7 Å². The Morgan fingerprint density at radius 2 is 2.06 bits per heavy atom. The number of nitrogens with one attached hydrogen (secondary N) is 4. The number of hydrogen-bond donors (Lipinski definition) is 4. The van der Waals surface area contributed by atoms with Crippen LogP contribution in [-0.2, 0) is 22.6 Å². The average molecular weight is 458 g/mol. The molecule has 2 amide bonds. The number of imidazole rings is 1. The maximum Gasteiger partial charge on any atom is 0.247 e. The number of allylic oxidation sites excluding steroid dienone is 4. The molecule has 176 valence electrons. The zero-order chi connectivity index (χ0) is 23.8. The van der Waals surface area contributed by atoms with Crippen molar-refractivity contribution >= 4 is 17.9 Å². The lowest BCUT2D eigenvalue weighted by Crippen LogP contribution is -2.38. The van der Waals surface area contributed by atoms with E-state index >= 15 is 0 Å². The SMILES string of the molecule is C[C@H](NC(=O)CNC(=O)C1=CC=C(CNCc2ncc[nH]2)C=CC1)c1cccc2c1C=CCC2. The van der Waals surface area contributed by atoms with Gasteiger partial charge in [-0.05, 0) is 48.4 Å². The van der Waals surface area contributed by atoms with Gasteiger partial charge in [0.25, 0.3) is 0 Å². The summed E-state index contributed by atoms with van der Waals surface area (Å²) in [7, 11) is 0. The molecule has 4 N–H and O–H groups in total. The van der Waals surface area contributed by atoms with Crippen molar-refractivity contribution in [2.75, 3.05) is 13.1 Å². The molecule has 2 aliphatic rings. The summed E-state index contributed by atoms with van der Waals surface area (Å²) in [5.41, 5.74) is 5.30. The minimum Gasteiger partial charge on any atom is -0.348 e. The van der Waals surface area contributed by atoms with E-state index in [1.807, 2.05) is 43.4 Å². The molecule has 0 saturated heterocycles. The maximum atomic E-state index is 12.6. The molecule has 2 aromatic rings. The normalized spacial score (nSPS) is 15.6. The number of nitrogens with zero attached hydrogens (tertiary/aromatic N) is 1. The molecule has 0 bridgehead atoms. The molecule has 0 saturated carbocycles. The third-order valence-corrected chi connectivity index (χ3v) is 5.98. The van der Waals surface area contributed by atoms with Crippen LogP contribution in [0.3, 0.4) is 0 Å². The molecule has 4 rings (SSSR count). The Balaban J connectivity index is 1.26. The van der Waals surface area contributed by atoms with Gasteiger partial charge in [0.15, 0.2) is 0 Å². The van der Waals surface area contributed by atoms with Crippen molar-refractivity contribution in [1.29, 1.82) is 0 Å². The largest absolute Gasteiger partial charge is 0.348 e. The van der Waals surface area contributed by atoms with Crippen LogP contribution in [0.5, 0.6) is 0 Å². The van der Waals surface area contributed by atoms with Gasteiger partial charge in [-0.25, -0.2) is 4.98 Å². The van der Waals surface area contributed by atoms with Gasteiger partial charge >= 0.3 is 0 Å². The Bertz CT molecular complexity index is 1140. The Kier molecular flexibility index (Phi) is 7.88. The van der Waals surface area contributed by atoms with E-state index in [0.29, 0.717) is 25.1 Å². The van der Waals surface area contributed by atoms with Crippen LogP contribution in [0.25, 0.3) is 6.08 Å². The molecule has 7 heteroatoms. The first-order chi connectivity index (χ1) is 16.6. The van der Waals surface area contributed by atoms with E-state index in [-0.39, 0.29) is 24.4 Å². The van der Waals surface area contributed by atoms with Gasteiger partial charge in [-0.3, -0.25) is 9.59 Å². The lowest BCUT2D eigenvalue weighted by molar-refractivity contribution is -0.124. The summed E-state index contributed by atoms with van der Waals surface area (Å²) in [5.74, 6) is 0.444. The van der Waals surface area contributed by atoms with E-state index in [2.05, 4.69) is 44.1 Å². The highest BCUT2D eigenvalue weighted by atomic mass is 16.2. The molecular formula is C27H31N5O2. The Morgan fingerprint density at radius 3 is 2.91 bits per heavy atom. The van der Waals surface area contributed by atoms with Crippen LogP contribution in [0.1, 0.15) is 48.3 Å². The minimum atomic E-state index is -0.228. The molecule has 0 aliphatic heterocycles. The third kappa shape index (κ3) is 6.20. The number of rotatable bonds is 9. The Labute approximate surface area is 200 Å². The molecule has 2 aliphatic carbocycles. The molecule has 1 aromatic heterocycles. The summed E-state index contributed by atoms with van der Waals surface area (Å²) in [6.45, 7) is 3.23. The van der Waals surface area contributed by atoms with Crippen LogP contribution >= 0.6 is 0 Å². The van der Waals surface area contributed by atoms with Crippen molar-refractivity contribution in [3.63, 3.8) is 0 Å². The first kappa shape index (κ1) is 23.4. The first-order valence-electron chi connectivity index (χ1n) is 11.7. The van der Waals surface area contributed by atoms with Crippen molar-refractivity contribution in [3.8, 4) is 0 Å². The highest BCUT2D eigenvalue weighted by Gasteiger charge is 2.17. The monoisotopic (exact) mass is 457 g/mol. The number of carbonyl (C=O) groups is 2. The van der Waals surface area contributed by atoms with Crippen molar-refractivity contribution < 1.29 is 9.59 Å². The van der Waals surface area contributed by atoms with E-state index < -0.39 is 0 Å². The number of fused-ring (bicyclic) bond motifs is 1. The molecule has 1 heterocycles. The van der Waals surface area contributed by atoms with Gasteiger partial charge < -0.3 is 20.9 Å². The summed E-state index contributed by atoms with van der Waals surface area (Å²) in [4.78, 5) is 32.4. The van der Waals surface area contributed by atoms with Gasteiger partial charge in [0, 0.05) is 24.5 Å². The average Bonchev–Trinajstić information content (AvgIpc) is 3.26. The predicted octanol–water partition coefficient (Wildman–Crippen LogP) is 3.27. The van der Waals surface area contributed by atoms with E-state index in [1.54, 1.807) is 12.4 Å². The van der Waals surface area contributed by atoms with Gasteiger partial charge in [-0.15, -0.1) is 0 Å². The fraction of sp³-hybridized carbons (Fsp3) is 0.296. The summed E-state index contributed by atoms with van der Waals surface area (Å²) < 4.78 is 0. The number of hydrogen-bond acceptors (Lipinski definition) is 4. The van der Waals surface area contributed by atoms with Gasteiger partial charge in [0.1, 0.15) is 5.82 Å². The van der Waals surface area contributed by atoms with Crippen LogP contribution in [0.4, 0.5) is 0 Å². The van der Waals surface area contributed by atoms with Crippen LogP contribution in [0.15, 0.2) is 72.1 Å². The smallest absolute Gasteiger partial charge is 0.247 e. The van der Waals surface area contributed by atoms with Gasteiger partial charge in [0.2, 0.25) is 11.8 Å².